The Morgan fingerprint density at radius 3 is 2.36 bits per heavy atom. The second-order valence-corrected chi connectivity index (χ2v) is 6.99. The maximum Gasteiger partial charge on any atom is 0.225 e. The van der Waals surface area contributed by atoms with E-state index in [4.69, 9.17) is 9.72 Å². The number of anilines is 3. The van der Waals surface area contributed by atoms with E-state index in [-0.39, 0.29) is 6.10 Å². The zero-order chi connectivity index (χ0) is 19.5. The largest absolute Gasteiger partial charge is 0.368 e. The summed E-state index contributed by atoms with van der Waals surface area (Å²) in [5, 5.41) is 3.27. The zero-order valence-corrected chi connectivity index (χ0v) is 16.4. The smallest absolute Gasteiger partial charge is 0.225 e. The molecule has 1 aliphatic rings. The second-order valence-electron chi connectivity index (χ2n) is 6.99. The van der Waals surface area contributed by atoms with Crippen molar-refractivity contribution in [2.45, 2.75) is 26.9 Å². The third-order valence-corrected chi connectivity index (χ3v) is 4.56. The molecule has 4 heterocycles. The summed E-state index contributed by atoms with van der Waals surface area (Å²) in [6, 6.07) is 13.8. The van der Waals surface area contributed by atoms with Gasteiger partial charge in [0.25, 0.3) is 0 Å². The normalized spacial score (nSPS) is 16.8. The lowest BCUT2D eigenvalue weighted by molar-refractivity contribution is 0.0365. The Bertz CT molecular complexity index is 956. The minimum Gasteiger partial charge on any atom is -0.368 e. The zero-order valence-electron chi connectivity index (χ0n) is 16.4. The first-order valence-electron chi connectivity index (χ1n) is 9.43. The lowest BCUT2D eigenvalue weighted by Gasteiger charge is -2.33. The minimum absolute atomic E-state index is 0.134. The Kier molecular flexibility index (Phi) is 5.16. The highest BCUT2D eigenvalue weighted by molar-refractivity contribution is 5.52. The highest BCUT2D eigenvalue weighted by Gasteiger charge is 2.25. The number of aryl methyl sites for hydroxylation is 3. The quantitative estimate of drug-likeness (QED) is 0.747. The van der Waals surface area contributed by atoms with E-state index < -0.39 is 0 Å². The Hall–Kier alpha value is -3.06. The van der Waals surface area contributed by atoms with Crippen molar-refractivity contribution < 1.29 is 4.74 Å². The Balaban J connectivity index is 1.52. The first-order valence-corrected chi connectivity index (χ1v) is 9.43. The molecule has 0 bridgehead atoms. The summed E-state index contributed by atoms with van der Waals surface area (Å²) in [6.07, 6.45) is -0.134. The molecule has 3 aromatic heterocycles. The van der Waals surface area contributed by atoms with Crippen LogP contribution in [0.1, 0.15) is 28.9 Å². The van der Waals surface area contributed by atoms with Gasteiger partial charge in [0.1, 0.15) is 17.7 Å². The molecule has 4 rings (SSSR count). The molecule has 0 radical (unpaired) electrons. The van der Waals surface area contributed by atoms with Crippen molar-refractivity contribution in [2.75, 3.05) is 29.9 Å². The fraction of sp³-hybridized carbons (Fsp3) is 0.333. The van der Waals surface area contributed by atoms with Gasteiger partial charge in [-0.3, -0.25) is 0 Å². The second kappa shape index (κ2) is 7.90. The molecule has 28 heavy (non-hydrogen) atoms. The maximum atomic E-state index is 6.00. The monoisotopic (exact) mass is 376 g/mol. The predicted octanol–water partition coefficient (Wildman–Crippen LogP) is 3.51. The predicted molar refractivity (Wildman–Crippen MR) is 109 cm³/mol. The van der Waals surface area contributed by atoms with Gasteiger partial charge in [-0.2, -0.15) is 0 Å². The van der Waals surface area contributed by atoms with Crippen molar-refractivity contribution in [3.8, 4) is 0 Å². The van der Waals surface area contributed by atoms with E-state index in [1.54, 1.807) is 0 Å². The van der Waals surface area contributed by atoms with Crippen molar-refractivity contribution >= 4 is 17.6 Å². The Morgan fingerprint density at radius 2 is 1.61 bits per heavy atom. The number of rotatable bonds is 4. The standard InChI is InChI=1S/C21H24N6O/c1-14-6-4-8-19(22-14)26-20-9-5-7-17(25-20)18-13-27(10-11-28-18)21-23-15(2)12-16(3)24-21/h4-9,12,18H,10-11,13H2,1-3H3,(H,22,25,26)/t18-/m0/s1. The summed E-state index contributed by atoms with van der Waals surface area (Å²) in [5.41, 5.74) is 3.79. The summed E-state index contributed by atoms with van der Waals surface area (Å²) in [7, 11) is 0. The van der Waals surface area contributed by atoms with Crippen LogP contribution in [0, 0.1) is 20.8 Å². The molecule has 0 spiro atoms. The van der Waals surface area contributed by atoms with E-state index in [0.717, 1.165) is 46.9 Å². The van der Waals surface area contributed by atoms with E-state index in [1.165, 1.54) is 0 Å². The maximum absolute atomic E-state index is 6.00. The molecule has 0 unspecified atom stereocenters. The van der Waals surface area contributed by atoms with Crippen molar-refractivity contribution in [1.82, 2.24) is 19.9 Å². The summed E-state index contributed by atoms with van der Waals surface area (Å²) in [5.74, 6) is 2.28. The first kappa shape index (κ1) is 18.3. The fourth-order valence-corrected chi connectivity index (χ4v) is 3.30. The Morgan fingerprint density at radius 1 is 0.893 bits per heavy atom. The number of hydrogen-bond donors (Lipinski definition) is 1. The fourth-order valence-electron chi connectivity index (χ4n) is 3.30. The van der Waals surface area contributed by atoms with E-state index in [0.29, 0.717) is 13.2 Å². The number of hydrogen-bond acceptors (Lipinski definition) is 7. The molecule has 1 N–H and O–H groups in total. The van der Waals surface area contributed by atoms with Crippen LogP contribution in [0.25, 0.3) is 0 Å². The molecule has 1 aliphatic heterocycles. The molecular formula is C21H24N6O. The van der Waals surface area contributed by atoms with Gasteiger partial charge in [0, 0.05) is 23.6 Å². The average molecular weight is 376 g/mol. The van der Waals surface area contributed by atoms with Crippen LogP contribution in [0.5, 0.6) is 0 Å². The molecule has 3 aromatic rings. The van der Waals surface area contributed by atoms with E-state index in [2.05, 4.69) is 25.2 Å². The molecule has 1 atom stereocenters. The number of ether oxygens (including phenoxy) is 1. The SMILES string of the molecule is Cc1cccc(Nc2cccc([C@@H]3CN(c4nc(C)cc(C)n4)CCO3)n2)n1. The van der Waals surface area contributed by atoms with Crippen LogP contribution in [0.3, 0.4) is 0 Å². The van der Waals surface area contributed by atoms with Crippen molar-refractivity contribution in [3.63, 3.8) is 0 Å². The molecular weight excluding hydrogens is 352 g/mol. The topological polar surface area (TPSA) is 76.1 Å². The summed E-state index contributed by atoms with van der Waals surface area (Å²) in [6.45, 7) is 8.00. The van der Waals surface area contributed by atoms with Crippen LogP contribution in [0.2, 0.25) is 0 Å². The molecule has 7 heteroatoms. The van der Waals surface area contributed by atoms with Crippen LogP contribution in [-0.4, -0.2) is 39.6 Å². The van der Waals surface area contributed by atoms with E-state index in [9.17, 15) is 0 Å². The molecule has 7 nitrogen and oxygen atoms in total. The van der Waals surface area contributed by atoms with Crippen LogP contribution in [-0.2, 0) is 4.74 Å². The summed E-state index contributed by atoms with van der Waals surface area (Å²) in [4.78, 5) is 20.5. The molecule has 1 fully saturated rings. The van der Waals surface area contributed by atoms with Crippen LogP contribution < -0.4 is 10.2 Å². The number of pyridine rings is 2. The highest BCUT2D eigenvalue weighted by Crippen LogP contribution is 2.25. The molecule has 0 aromatic carbocycles. The van der Waals surface area contributed by atoms with Crippen LogP contribution >= 0.6 is 0 Å². The van der Waals surface area contributed by atoms with E-state index in [1.807, 2.05) is 63.2 Å². The van der Waals surface area contributed by atoms with Crippen LogP contribution in [0.15, 0.2) is 42.5 Å². The first-order chi connectivity index (χ1) is 13.6. The third-order valence-electron chi connectivity index (χ3n) is 4.56. The van der Waals surface area contributed by atoms with E-state index >= 15 is 0 Å². The van der Waals surface area contributed by atoms with Crippen molar-refractivity contribution in [2.24, 2.45) is 0 Å². The summed E-state index contributed by atoms with van der Waals surface area (Å²) >= 11 is 0. The van der Waals surface area contributed by atoms with Gasteiger partial charge >= 0.3 is 0 Å². The number of nitrogens with one attached hydrogen (secondary N) is 1. The van der Waals surface area contributed by atoms with Gasteiger partial charge in [0.15, 0.2) is 0 Å². The van der Waals surface area contributed by atoms with Gasteiger partial charge in [-0.25, -0.2) is 19.9 Å². The van der Waals surface area contributed by atoms with Gasteiger partial charge in [-0.05, 0) is 51.1 Å². The lowest BCUT2D eigenvalue weighted by atomic mass is 10.2. The average Bonchev–Trinajstić information content (AvgIpc) is 2.68. The molecule has 0 aliphatic carbocycles. The van der Waals surface area contributed by atoms with Gasteiger partial charge in [0.2, 0.25) is 5.95 Å². The Labute approximate surface area is 164 Å². The lowest BCUT2D eigenvalue weighted by Crippen LogP contribution is -2.39. The molecule has 144 valence electrons. The van der Waals surface area contributed by atoms with Gasteiger partial charge in [-0.15, -0.1) is 0 Å². The van der Waals surface area contributed by atoms with Crippen molar-refractivity contribution in [1.29, 1.82) is 0 Å². The molecule has 1 saturated heterocycles. The number of morpholine rings is 1. The number of nitrogens with zero attached hydrogens (tertiary/aromatic N) is 5. The molecule has 0 amide bonds. The molecule has 0 saturated carbocycles. The van der Waals surface area contributed by atoms with Crippen molar-refractivity contribution in [3.05, 3.63) is 65.2 Å². The third kappa shape index (κ3) is 4.26. The van der Waals surface area contributed by atoms with Gasteiger partial charge in [-0.1, -0.05) is 12.1 Å². The minimum atomic E-state index is -0.134. The highest BCUT2D eigenvalue weighted by atomic mass is 16.5. The number of aromatic nitrogens is 4. The van der Waals surface area contributed by atoms with Crippen LogP contribution in [0.4, 0.5) is 17.6 Å². The summed E-state index contributed by atoms with van der Waals surface area (Å²) < 4.78 is 6.00. The van der Waals surface area contributed by atoms with Gasteiger partial charge < -0.3 is 15.0 Å². The van der Waals surface area contributed by atoms with Gasteiger partial charge in [0.05, 0.1) is 18.8 Å².